The zero-order valence-electron chi connectivity index (χ0n) is 8.52. The number of hydrogen-bond acceptors (Lipinski definition) is 4. The van der Waals surface area contributed by atoms with Crippen LogP contribution in [0.25, 0.3) is 0 Å². The highest BCUT2D eigenvalue weighted by Crippen LogP contribution is 2.20. The Hall–Kier alpha value is -2.25. The molecule has 3 N–H and O–H groups in total. The van der Waals surface area contributed by atoms with Crippen molar-refractivity contribution in [1.82, 2.24) is 5.32 Å². The summed E-state index contributed by atoms with van der Waals surface area (Å²) in [5, 5.41) is 12.5. The van der Waals surface area contributed by atoms with Crippen LogP contribution < -0.4 is 11.1 Å². The first-order valence-corrected chi connectivity index (χ1v) is 4.52. The Morgan fingerprint density at radius 3 is 2.71 bits per heavy atom. The van der Waals surface area contributed by atoms with Gasteiger partial charge in [0.1, 0.15) is 5.56 Å². The van der Waals surface area contributed by atoms with Gasteiger partial charge in [0, 0.05) is 11.8 Å². The van der Waals surface area contributed by atoms with Crippen LogP contribution >= 0.6 is 0 Å². The third-order valence-electron chi connectivity index (χ3n) is 1.88. The standard InChI is InChI=1S/C9H9F2N3O3/c10-8(11)4-13-9(15)6-3-5(12)1-2-7(6)14(16)17/h1-3,8H,4,12H2,(H,13,15). The van der Waals surface area contributed by atoms with Crippen LogP contribution in [0.3, 0.4) is 0 Å². The largest absolute Gasteiger partial charge is 0.399 e. The Labute approximate surface area is 94.6 Å². The topological polar surface area (TPSA) is 98.3 Å². The van der Waals surface area contributed by atoms with Crippen molar-refractivity contribution in [3.63, 3.8) is 0 Å². The lowest BCUT2D eigenvalue weighted by Crippen LogP contribution is -2.29. The molecule has 1 rings (SSSR count). The molecule has 0 aliphatic rings. The number of amides is 1. The molecule has 0 fully saturated rings. The zero-order chi connectivity index (χ0) is 13.0. The van der Waals surface area contributed by atoms with E-state index in [1.165, 1.54) is 6.07 Å². The number of nitrogens with two attached hydrogens (primary N) is 1. The molecular weight excluding hydrogens is 236 g/mol. The summed E-state index contributed by atoms with van der Waals surface area (Å²) in [6.07, 6.45) is -2.72. The zero-order valence-corrected chi connectivity index (χ0v) is 8.52. The van der Waals surface area contributed by atoms with E-state index in [4.69, 9.17) is 5.73 Å². The van der Waals surface area contributed by atoms with Crippen LogP contribution in [0.2, 0.25) is 0 Å². The van der Waals surface area contributed by atoms with Crippen molar-refractivity contribution < 1.29 is 18.5 Å². The van der Waals surface area contributed by atoms with Gasteiger partial charge in [-0.3, -0.25) is 14.9 Å². The Morgan fingerprint density at radius 1 is 1.53 bits per heavy atom. The Morgan fingerprint density at radius 2 is 2.18 bits per heavy atom. The molecule has 0 saturated carbocycles. The average molecular weight is 245 g/mol. The number of carbonyl (C=O) groups excluding carboxylic acids is 1. The predicted molar refractivity (Wildman–Crippen MR) is 55.8 cm³/mol. The molecular formula is C9H9F2N3O3. The number of hydrogen-bond donors (Lipinski definition) is 2. The summed E-state index contributed by atoms with van der Waals surface area (Å²) >= 11 is 0. The number of nitro benzene ring substituents is 1. The first kappa shape index (κ1) is 12.8. The van der Waals surface area contributed by atoms with Gasteiger partial charge in [0.2, 0.25) is 0 Å². The predicted octanol–water partition coefficient (Wildman–Crippen LogP) is 1.17. The summed E-state index contributed by atoms with van der Waals surface area (Å²) in [5.41, 5.74) is 4.69. The molecule has 17 heavy (non-hydrogen) atoms. The summed E-state index contributed by atoms with van der Waals surface area (Å²) in [7, 11) is 0. The highest BCUT2D eigenvalue weighted by molar-refractivity contribution is 5.99. The number of nitrogens with one attached hydrogen (secondary N) is 1. The van der Waals surface area contributed by atoms with Crippen molar-refractivity contribution in [2.45, 2.75) is 6.43 Å². The van der Waals surface area contributed by atoms with E-state index in [1.54, 1.807) is 0 Å². The molecule has 6 nitrogen and oxygen atoms in total. The third-order valence-corrected chi connectivity index (χ3v) is 1.88. The molecule has 0 aliphatic carbocycles. The van der Waals surface area contributed by atoms with Gasteiger partial charge in [-0.05, 0) is 12.1 Å². The highest BCUT2D eigenvalue weighted by Gasteiger charge is 2.20. The van der Waals surface area contributed by atoms with Crippen molar-refractivity contribution >= 4 is 17.3 Å². The lowest BCUT2D eigenvalue weighted by atomic mass is 10.1. The fraction of sp³-hybridized carbons (Fsp3) is 0.222. The lowest BCUT2D eigenvalue weighted by molar-refractivity contribution is -0.385. The van der Waals surface area contributed by atoms with E-state index in [-0.39, 0.29) is 11.3 Å². The normalized spacial score (nSPS) is 10.3. The fourth-order valence-corrected chi connectivity index (χ4v) is 1.16. The van der Waals surface area contributed by atoms with E-state index >= 15 is 0 Å². The molecule has 0 unspecified atom stereocenters. The summed E-state index contributed by atoms with van der Waals surface area (Å²) in [6.45, 7) is -0.870. The van der Waals surface area contributed by atoms with Crippen molar-refractivity contribution in [3.8, 4) is 0 Å². The minimum absolute atomic E-state index is 0.137. The van der Waals surface area contributed by atoms with Gasteiger partial charge in [0.15, 0.2) is 0 Å². The van der Waals surface area contributed by atoms with Gasteiger partial charge in [-0.1, -0.05) is 0 Å². The Bertz CT molecular complexity index is 451. The van der Waals surface area contributed by atoms with Crippen LogP contribution in [0, 0.1) is 10.1 Å². The van der Waals surface area contributed by atoms with Crippen LogP contribution in [0.5, 0.6) is 0 Å². The first-order valence-electron chi connectivity index (χ1n) is 4.52. The van der Waals surface area contributed by atoms with E-state index in [9.17, 15) is 23.7 Å². The SMILES string of the molecule is Nc1ccc([N+](=O)[O-])c(C(=O)NCC(F)F)c1. The van der Waals surface area contributed by atoms with Gasteiger partial charge in [-0.2, -0.15) is 0 Å². The van der Waals surface area contributed by atoms with E-state index in [0.29, 0.717) is 0 Å². The fourth-order valence-electron chi connectivity index (χ4n) is 1.16. The van der Waals surface area contributed by atoms with E-state index in [0.717, 1.165) is 12.1 Å². The van der Waals surface area contributed by atoms with E-state index in [1.807, 2.05) is 5.32 Å². The third kappa shape index (κ3) is 3.37. The second kappa shape index (κ2) is 5.19. The summed E-state index contributed by atoms with van der Waals surface area (Å²) in [5.74, 6) is -0.954. The molecule has 0 radical (unpaired) electrons. The molecule has 0 saturated heterocycles. The molecule has 1 aromatic carbocycles. The van der Waals surface area contributed by atoms with Crippen LogP contribution in [-0.2, 0) is 0 Å². The summed E-state index contributed by atoms with van der Waals surface area (Å²) in [4.78, 5) is 21.3. The number of halogens is 2. The van der Waals surface area contributed by atoms with E-state index < -0.39 is 29.5 Å². The van der Waals surface area contributed by atoms with Crippen LogP contribution in [-0.4, -0.2) is 23.8 Å². The Kier molecular flexibility index (Phi) is 3.91. The summed E-state index contributed by atoms with van der Waals surface area (Å²) in [6, 6.07) is 3.37. The van der Waals surface area contributed by atoms with Crippen molar-refractivity contribution in [3.05, 3.63) is 33.9 Å². The molecule has 8 heteroatoms. The van der Waals surface area contributed by atoms with Gasteiger partial charge < -0.3 is 11.1 Å². The van der Waals surface area contributed by atoms with E-state index in [2.05, 4.69) is 0 Å². The molecule has 0 spiro atoms. The van der Waals surface area contributed by atoms with Gasteiger partial charge in [-0.25, -0.2) is 8.78 Å². The number of anilines is 1. The average Bonchev–Trinajstić information content (AvgIpc) is 2.25. The molecule has 1 aromatic rings. The molecule has 92 valence electrons. The Balaban J connectivity index is 2.98. The number of nitrogens with zero attached hydrogens (tertiary/aromatic N) is 1. The maximum atomic E-state index is 11.9. The van der Waals surface area contributed by atoms with Gasteiger partial charge in [0.25, 0.3) is 18.0 Å². The van der Waals surface area contributed by atoms with Crippen molar-refractivity contribution in [2.24, 2.45) is 0 Å². The number of rotatable bonds is 4. The smallest absolute Gasteiger partial charge is 0.282 e. The van der Waals surface area contributed by atoms with Gasteiger partial charge >= 0.3 is 0 Å². The maximum Gasteiger partial charge on any atom is 0.282 e. The van der Waals surface area contributed by atoms with Crippen LogP contribution in [0.15, 0.2) is 18.2 Å². The number of carbonyl (C=O) groups is 1. The minimum atomic E-state index is -2.72. The van der Waals surface area contributed by atoms with Crippen LogP contribution in [0.4, 0.5) is 20.2 Å². The number of benzene rings is 1. The van der Waals surface area contributed by atoms with Crippen molar-refractivity contribution in [1.29, 1.82) is 0 Å². The molecule has 0 bridgehead atoms. The summed E-state index contributed by atoms with van der Waals surface area (Å²) < 4.78 is 23.8. The monoisotopic (exact) mass is 245 g/mol. The van der Waals surface area contributed by atoms with Gasteiger partial charge in [-0.15, -0.1) is 0 Å². The van der Waals surface area contributed by atoms with Crippen molar-refractivity contribution in [2.75, 3.05) is 12.3 Å². The highest BCUT2D eigenvalue weighted by atomic mass is 19.3. The lowest BCUT2D eigenvalue weighted by Gasteiger charge is -2.05. The minimum Gasteiger partial charge on any atom is -0.399 e. The molecule has 0 aliphatic heterocycles. The first-order chi connectivity index (χ1) is 7.91. The second-order valence-corrected chi connectivity index (χ2v) is 3.13. The van der Waals surface area contributed by atoms with Gasteiger partial charge in [0.05, 0.1) is 11.5 Å². The molecule has 0 aromatic heterocycles. The molecule has 0 heterocycles. The quantitative estimate of drug-likeness (QED) is 0.472. The van der Waals surface area contributed by atoms with Crippen LogP contribution in [0.1, 0.15) is 10.4 Å². The maximum absolute atomic E-state index is 11.9. The number of nitrogen functional groups attached to an aromatic ring is 1. The number of alkyl halides is 2. The molecule has 1 amide bonds. The number of nitro groups is 1. The second-order valence-electron chi connectivity index (χ2n) is 3.13. The molecule has 0 atom stereocenters.